The maximum atomic E-state index is 12.8. The van der Waals surface area contributed by atoms with Gasteiger partial charge in [-0.25, -0.2) is 4.39 Å². The Labute approximate surface area is 115 Å². The lowest BCUT2D eigenvalue weighted by Gasteiger charge is -2.20. The van der Waals surface area contributed by atoms with Gasteiger partial charge in [-0.3, -0.25) is 0 Å². The van der Waals surface area contributed by atoms with Gasteiger partial charge >= 0.3 is 0 Å². The average molecular weight is 280 g/mol. The molecule has 0 spiro atoms. The van der Waals surface area contributed by atoms with E-state index in [-0.39, 0.29) is 5.82 Å². The van der Waals surface area contributed by atoms with Crippen LogP contribution in [0.5, 0.6) is 0 Å². The van der Waals surface area contributed by atoms with Gasteiger partial charge in [-0.15, -0.1) is 11.3 Å². The number of nitrogens with zero attached hydrogens (tertiary/aromatic N) is 1. The van der Waals surface area contributed by atoms with Crippen molar-refractivity contribution in [3.05, 3.63) is 52.5 Å². The van der Waals surface area contributed by atoms with Gasteiger partial charge in [0.15, 0.2) is 5.11 Å². The first-order valence-corrected chi connectivity index (χ1v) is 6.74. The number of hydrogen-bond acceptors (Lipinski definition) is 2. The van der Waals surface area contributed by atoms with Crippen molar-refractivity contribution in [3.63, 3.8) is 0 Å². The van der Waals surface area contributed by atoms with Gasteiger partial charge in [-0.1, -0.05) is 6.07 Å². The highest BCUT2D eigenvalue weighted by Crippen LogP contribution is 2.13. The molecule has 1 N–H and O–H groups in total. The van der Waals surface area contributed by atoms with E-state index >= 15 is 0 Å². The molecule has 2 nitrogen and oxygen atoms in total. The maximum Gasteiger partial charge on any atom is 0.173 e. The highest BCUT2D eigenvalue weighted by Gasteiger charge is 2.06. The Morgan fingerprint density at radius 2 is 2.06 bits per heavy atom. The predicted octanol–water partition coefficient (Wildman–Crippen LogP) is 3.72. The highest BCUT2D eigenvalue weighted by atomic mass is 32.1. The van der Waals surface area contributed by atoms with Crippen LogP contribution < -0.4 is 5.32 Å². The molecule has 0 saturated carbocycles. The zero-order valence-corrected chi connectivity index (χ0v) is 11.5. The van der Waals surface area contributed by atoms with E-state index in [1.807, 2.05) is 23.4 Å². The fourth-order valence-electron chi connectivity index (χ4n) is 1.46. The average Bonchev–Trinajstić information content (AvgIpc) is 2.85. The van der Waals surface area contributed by atoms with Crippen LogP contribution in [-0.4, -0.2) is 17.1 Å². The molecule has 0 amide bonds. The fourth-order valence-corrected chi connectivity index (χ4v) is 2.40. The van der Waals surface area contributed by atoms with Crippen molar-refractivity contribution in [1.29, 1.82) is 0 Å². The van der Waals surface area contributed by atoms with Gasteiger partial charge in [0.2, 0.25) is 0 Å². The molecule has 0 aliphatic heterocycles. The van der Waals surface area contributed by atoms with Crippen LogP contribution in [0, 0.1) is 5.82 Å². The normalized spacial score (nSPS) is 10.1. The van der Waals surface area contributed by atoms with Crippen LogP contribution in [0.2, 0.25) is 0 Å². The molecule has 0 aliphatic rings. The van der Waals surface area contributed by atoms with Crippen molar-refractivity contribution >= 4 is 34.4 Å². The first kappa shape index (κ1) is 13.0. The van der Waals surface area contributed by atoms with Gasteiger partial charge in [0, 0.05) is 17.6 Å². The lowest BCUT2D eigenvalue weighted by atomic mass is 10.3. The van der Waals surface area contributed by atoms with Crippen molar-refractivity contribution in [1.82, 2.24) is 4.90 Å². The van der Waals surface area contributed by atoms with Crippen LogP contribution in [0.4, 0.5) is 10.1 Å². The zero-order chi connectivity index (χ0) is 13.0. The number of hydrogen-bond donors (Lipinski definition) is 1. The monoisotopic (exact) mass is 280 g/mol. The van der Waals surface area contributed by atoms with Crippen molar-refractivity contribution in [2.75, 3.05) is 12.4 Å². The summed E-state index contributed by atoms with van der Waals surface area (Å²) < 4.78 is 12.8. The lowest BCUT2D eigenvalue weighted by molar-refractivity contribution is 0.514. The molecule has 0 fully saturated rings. The highest BCUT2D eigenvalue weighted by molar-refractivity contribution is 7.80. The van der Waals surface area contributed by atoms with Crippen molar-refractivity contribution < 1.29 is 4.39 Å². The van der Waals surface area contributed by atoms with Gasteiger partial charge < -0.3 is 10.2 Å². The number of anilines is 1. The zero-order valence-electron chi connectivity index (χ0n) is 9.89. The molecule has 1 aromatic heterocycles. The summed E-state index contributed by atoms with van der Waals surface area (Å²) >= 11 is 6.99. The first-order valence-electron chi connectivity index (χ1n) is 5.45. The lowest BCUT2D eigenvalue weighted by Crippen LogP contribution is -2.30. The smallest absolute Gasteiger partial charge is 0.173 e. The van der Waals surface area contributed by atoms with E-state index in [9.17, 15) is 4.39 Å². The summed E-state index contributed by atoms with van der Waals surface area (Å²) in [5.74, 6) is -0.251. The third-order valence-electron chi connectivity index (χ3n) is 2.42. The summed E-state index contributed by atoms with van der Waals surface area (Å²) in [6, 6.07) is 10.2. The van der Waals surface area contributed by atoms with E-state index in [1.54, 1.807) is 23.5 Å². The van der Waals surface area contributed by atoms with E-state index in [4.69, 9.17) is 12.2 Å². The minimum absolute atomic E-state index is 0.251. The Morgan fingerprint density at radius 1 is 1.33 bits per heavy atom. The molecule has 2 aromatic rings. The summed E-state index contributed by atoms with van der Waals surface area (Å²) in [4.78, 5) is 3.20. The number of halogens is 1. The quantitative estimate of drug-likeness (QED) is 0.863. The van der Waals surface area contributed by atoms with E-state index < -0.39 is 0 Å². The maximum absolute atomic E-state index is 12.8. The number of rotatable bonds is 3. The van der Waals surface area contributed by atoms with E-state index in [0.29, 0.717) is 5.11 Å². The fraction of sp³-hybridized carbons (Fsp3) is 0.154. The third-order valence-corrected chi connectivity index (χ3v) is 3.69. The molecule has 1 heterocycles. The Bertz CT molecular complexity index is 508. The Kier molecular flexibility index (Phi) is 4.28. The summed E-state index contributed by atoms with van der Waals surface area (Å²) in [6.07, 6.45) is 0. The second kappa shape index (κ2) is 5.93. The SMILES string of the molecule is CN(Cc1cccs1)C(=S)Nc1ccc(F)cc1. The van der Waals surface area contributed by atoms with Crippen LogP contribution in [0.15, 0.2) is 41.8 Å². The van der Waals surface area contributed by atoms with Crippen molar-refractivity contribution in [3.8, 4) is 0 Å². The Balaban J connectivity index is 1.93. The topological polar surface area (TPSA) is 15.3 Å². The standard InChI is InChI=1S/C13H13FN2S2/c1-16(9-12-3-2-8-18-12)13(17)15-11-6-4-10(14)5-7-11/h2-8H,9H2,1H3,(H,15,17). The van der Waals surface area contributed by atoms with Gasteiger partial charge in [0.25, 0.3) is 0 Å². The first-order chi connectivity index (χ1) is 8.65. The minimum atomic E-state index is -0.251. The number of benzene rings is 1. The molecule has 94 valence electrons. The number of nitrogens with one attached hydrogen (secondary N) is 1. The van der Waals surface area contributed by atoms with Gasteiger partial charge in [-0.2, -0.15) is 0 Å². The second-order valence-corrected chi connectivity index (χ2v) is 5.29. The van der Waals surface area contributed by atoms with E-state index in [2.05, 4.69) is 11.4 Å². The Morgan fingerprint density at radius 3 is 2.67 bits per heavy atom. The summed E-state index contributed by atoms with van der Waals surface area (Å²) in [7, 11) is 1.93. The van der Waals surface area contributed by atoms with Crippen LogP contribution >= 0.6 is 23.6 Å². The molecule has 0 unspecified atom stereocenters. The molecule has 18 heavy (non-hydrogen) atoms. The number of thiocarbonyl (C=S) groups is 1. The van der Waals surface area contributed by atoms with E-state index in [1.165, 1.54) is 17.0 Å². The summed E-state index contributed by atoms with van der Waals surface area (Å²) in [5, 5.41) is 5.74. The van der Waals surface area contributed by atoms with Gasteiger partial charge in [0.05, 0.1) is 6.54 Å². The molecule has 5 heteroatoms. The van der Waals surface area contributed by atoms with Gasteiger partial charge in [0.1, 0.15) is 5.82 Å². The molecule has 0 radical (unpaired) electrons. The number of thiophene rings is 1. The van der Waals surface area contributed by atoms with Crippen molar-refractivity contribution in [2.24, 2.45) is 0 Å². The van der Waals surface area contributed by atoms with Crippen molar-refractivity contribution in [2.45, 2.75) is 6.54 Å². The minimum Gasteiger partial charge on any atom is -0.347 e. The van der Waals surface area contributed by atoms with Crippen LogP contribution in [0.1, 0.15) is 4.88 Å². The van der Waals surface area contributed by atoms with Crippen LogP contribution in [-0.2, 0) is 6.54 Å². The van der Waals surface area contributed by atoms with E-state index in [0.717, 1.165) is 12.2 Å². The molecule has 1 aromatic carbocycles. The molecule has 0 aliphatic carbocycles. The van der Waals surface area contributed by atoms with Crippen LogP contribution in [0.3, 0.4) is 0 Å². The molecule has 2 rings (SSSR count). The molecule has 0 bridgehead atoms. The third kappa shape index (κ3) is 3.51. The van der Waals surface area contributed by atoms with Gasteiger partial charge in [-0.05, 0) is 47.9 Å². The Hall–Kier alpha value is -1.46. The molecular weight excluding hydrogens is 267 g/mol. The summed E-state index contributed by atoms with van der Waals surface area (Å²) in [6.45, 7) is 0.769. The molecular formula is C13H13FN2S2. The van der Waals surface area contributed by atoms with Crippen LogP contribution in [0.25, 0.3) is 0 Å². The summed E-state index contributed by atoms with van der Waals surface area (Å²) in [5.41, 5.74) is 0.791. The largest absolute Gasteiger partial charge is 0.347 e. The molecule has 0 atom stereocenters. The predicted molar refractivity (Wildman–Crippen MR) is 78.4 cm³/mol. The molecule has 0 saturated heterocycles. The second-order valence-electron chi connectivity index (χ2n) is 3.87.